The monoisotopic (exact) mass is 496 g/mol. The molecule has 1 aliphatic heterocycles. The molecule has 2 aromatic rings. The second-order valence-corrected chi connectivity index (χ2v) is 9.28. The Balaban J connectivity index is 1.36. The van der Waals surface area contributed by atoms with Crippen molar-refractivity contribution in [1.29, 1.82) is 0 Å². The minimum Gasteiger partial charge on any atom is -0.385 e. The van der Waals surface area contributed by atoms with Crippen LogP contribution in [0.3, 0.4) is 0 Å². The molecule has 0 saturated carbocycles. The molecule has 3 rings (SSSR count). The van der Waals surface area contributed by atoms with Gasteiger partial charge in [0.1, 0.15) is 0 Å². The molecule has 36 heavy (non-hydrogen) atoms. The van der Waals surface area contributed by atoms with Gasteiger partial charge in [0.15, 0.2) is 0 Å². The Morgan fingerprint density at radius 1 is 0.333 bits per heavy atom. The van der Waals surface area contributed by atoms with E-state index in [1.165, 1.54) is 22.7 Å². The fourth-order valence-electron chi connectivity index (χ4n) is 4.12. The molecule has 0 radical (unpaired) electrons. The maximum atomic E-state index is 3.54. The van der Waals surface area contributed by atoms with Gasteiger partial charge in [-0.3, -0.25) is 0 Å². The lowest BCUT2D eigenvalue weighted by atomic mass is 10.2. The summed E-state index contributed by atoms with van der Waals surface area (Å²) in [6.45, 7) is 12.0. The zero-order chi connectivity index (χ0) is 24.9. The number of rotatable bonds is 0. The van der Waals surface area contributed by atoms with Crippen molar-refractivity contribution in [3.8, 4) is 0 Å². The topological polar surface area (TPSA) is 96.2 Å². The van der Waals surface area contributed by atoms with Crippen LogP contribution in [0.15, 0.2) is 48.5 Å². The second-order valence-electron chi connectivity index (χ2n) is 9.28. The maximum Gasteiger partial charge on any atom is 0.0360 e. The van der Waals surface area contributed by atoms with Crippen molar-refractivity contribution in [1.82, 2.24) is 21.3 Å². The van der Waals surface area contributed by atoms with Crippen LogP contribution >= 0.6 is 0 Å². The largest absolute Gasteiger partial charge is 0.385 e. The molecule has 200 valence electrons. The first-order chi connectivity index (χ1) is 17.9. The first kappa shape index (κ1) is 28.1. The Hall–Kier alpha value is -2.52. The van der Waals surface area contributed by atoms with Gasteiger partial charge in [0.05, 0.1) is 0 Å². The molecule has 1 aliphatic rings. The first-order valence-electron chi connectivity index (χ1n) is 13.9. The molecule has 0 saturated heterocycles. The van der Waals surface area contributed by atoms with Gasteiger partial charge < -0.3 is 42.5 Å². The summed E-state index contributed by atoms with van der Waals surface area (Å²) in [5, 5.41) is 28.3. The number of anilines is 4. The summed E-state index contributed by atoms with van der Waals surface area (Å²) in [5.74, 6) is 0. The Morgan fingerprint density at radius 2 is 0.611 bits per heavy atom. The highest BCUT2D eigenvalue weighted by Crippen LogP contribution is 2.15. The Bertz CT molecular complexity index is 690. The molecule has 0 spiro atoms. The van der Waals surface area contributed by atoms with E-state index in [-0.39, 0.29) is 0 Å². The highest BCUT2D eigenvalue weighted by molar-refractivity contribution is 5.57. The quantitative estimate of drug-likeness (QED) is 0.282. The van der Waals surface area contributed by atoms with E-state index in [2.05, 4.69) is 91.1 Å². The zero-order valence-corrected chi connectivity index (χ0v) is 21.9. The molecule has 0 atom stereocenters. The van der Waals surface area contributed by atoms with Crippen LogP contribution in [-0.4, -0.2) is 78.5 Å². The molecule has 0 aliphatic carbocycles. The van der Waals surface area contributed by atoms with Crippen LogP contribution < -0.4 is 42.5 Å². The average Bonchev–Trinajstić information content (AvgIpc) is 2.90. The van der Waals surface area contributed by atoms with E-state index >= 15 is 0 Å². The lowest BCUT2D eigenvalue weighted by molar-refractivity contribution is 0.595. The number of hydrogen-bond acceptors (Lipinski definition) is 8. The molecule has 0 aromatic heterocycles. The van der Waals surface area contributed by atoms with Gasteiger partial charge in [-0.05, 0) is 88.3 Å². The van der Waals surface area contributed by atoms with E-state index in [0.717, 1.165) is 104 Å². The highest BCUT2D eigenvalue weighted by Gasteiger charge is 1.98. The zero-order valence-electron chi connectivity index (χ0n) is 21.9. The third-order valence-electron chi connectivity index (χ3n) is 6.12. The van der Waals surface area contributed by atoms with Crippen molar-refractivity contribution >= 4 is 22.7 Å². The maximum absolute atomic E-state index is 3.54. The molecule has 2 aromatic carbocycles. The molecule has 8 nitrogen and oxygen atoms in total. The SMILES string of the molecule is c1cc2cc(c1)NCCCNCCNCCCNc1cccc(c1)NCCCNCCNCCCN2. The van der Waals surface area contributed by atoms with Gasteiger partial charge in [0, 0.05) is 75.1 Å². The predicted molar refractivity (Wildman–Crippen MR) is 157 cm³/mol. The van der Waals surface area contributed by atoms with Crippen molar-refractivity contribution in [2.24, 2.45) is 0 Å². The summed E-state index contributed by atoms with van der Waals surface area (Å²) in [6, 6.07) is 17.2. The normalized spacial score (nSPS) is 18.9. The van der Waals surface area contributed by atoms with Gasteiger partial charge >= 0.3 is 0 Å². The lowest BCUT2D eigenvalue weighted by Crippen LogP contribution is -2.29. The first-order valence-corrected chi connectivity index (χ1v) is 13.9. The lowest BCUT2D eigenvalue weighted by Gasteiger charge is -2.12. The second kappa shape index (κ2) is 18.7. The highest BCUT2D eigenvalue weighted by atomic mass is 15.0. The molecule has 0 fully saturated rings. The summed E-state index contributed by atoms with van der Waals surface area (Å²) in [7, 11) is 0. The van der Waals surface area contributed by atoms with Crippen LogP contribution in [0.2, 0.25) is 0 Å². The van der Waals surface area contributed by atoms with E-state index < -0.39 is 0 Å². The third-order valence-corrected chi connectivity index (χ3v) is 6.12. The average molecular weight is 497 g/mol. The van der Waals surface area contributed by atoms with Crippen LogP contribution in [0.1, 0.15) is 25.7 Å². The van der Waals surface area contributed by atoms with E-state index in [9.17, 15) is 0 Å². The van der Waals surface area contributed by atoms with Crippen LogP contribution in [-0.2, 0) is 0 Å². The standard InChI is InChI=1S/C28H48N8/c1-7-25-23-26(8-1)34-16-4-12-30-20-22-32-14-6-18-36-28-10-2-9-27(24-28)35-17-5-13-31-21-19-29-11-3-15-33-25/h1-2,7-10,23-24,29-36H,3-6,11-22H2. The summed E-state index contributed by atoms with van der Waals surface area (Å²) >= 11 is 0. The minimum absolute atomic E-state index is 0.976. The number of benzene rings is 2. The summed E-state index contributed by atoms with van der Waals surface area (Å²) in [6.07, 6.45) is 4.43. The van der Waals surface area contributed by atoms with Gasteiger partial charge in [0.2, 0.25) is 0 Å². The van der Waals surface area contributed by atoms with Crippen molar-refractivity contribution in [3.05, 3.63) is 48.5 Å². The number of nitrogens with one attached hydrogen (secondary N) is 8. The molecule has 0 unspecified atom stereocenters. The fraction of sp³-hybridized carbons (Fsp3) is 0.571. The molecule has 8 N–H and O–H groups in total. The van der Waals surface area contributed by atoms with Crippen LogP contribution in [0, 0.1) is 0 Å². The number of fused-ring (bicyclic) bond motifs is 4. The Morgan fingerprint density at radius 3 is 0.889 bits per heavy atom. The summed E-state index contributed by atoms with van der Waals surface area (Å²) in [4.78, 5) is 0. The molecule has 1 heterocycles. The Labute approximate surface area is 218 Å². The molecule has 8 heteroatoms. The smallest absolute Gasteiger partial charge is 0.0360 e. The van der Waals surface area contributed by atoms with E-state index in [1.807, 2.05) is 0 Å². The third kappa shape index (κ3) is 13.0. The van der Waals surface area contributed by atoms with E-state index in [4.69, 9.17) is 0 Å². The molecular weight excluding hydrogens is 448 g/mol. The van der Waals surface area contributed by atoms with Crippen molar-refractivity contribution in [3.63, 3.8) is 0 Å². The van der Waals surface area contributed by atoms with Gasteiger partial charge in [-0.1, -0.05) is 12.1 Å². The van der Waals surface area contributed by atoms with Crippen LogP contribution in [0.25, 0.3) is 0 Å². The summed E-state index contributed by atoms with van der Waals surface area (Å²) in [5.41, 5.74) is 4.73. The van der Waals surface area contributed by atoms with Crippen LogP contribution in [0.4, 0.5) is 22.7 Å². The van der Waals surface area contributed by atoms with Gasteiger partial charge in [-0.25, -0.2) is 0 Å². The van der Waals surface area contributed by atoms with E-state index in [1.54, 1.807) is 0 Å². The van der Waals surface area contributed by atoms with Crippen molar-refractivity contribution in [2.75, 3.05) is 99.8 Å². The molecule has 0 amide bonds. The predicted octanol–water partition coefficient (Wildman–Crippen LogP) is 2.97. The number of hydrogen-bond donors (Lipinski definition) is 8. The molecule has 4 bridgehead atoms. The van der Waals surface area contributed by atoms with Crippen molar-refractivity contribution in [2.45, 2.75) is 25.7 Å². The van der Waals surface area contributed by atoms with Gasteiger partial charge in [-0.15, -0.1) is 0 Å². The van der Waals surface area contributed by atoms with E-state index in [0.29, 0.717) is 0 Å². The van der Waals surface area contributed by atoms with Crippen molar-refractivity contribution < 1.29 is 0 Å². The fourth-order valence-corrected chi connectivity index (χ4v) is 4.12. The van der Waals surface area contributed by atoms with Crippen LogP contribution in [0.5, 0.6) is 0 Å². The summed E-state index contributed by atoms with van der Waals surface area (Å²) < 4.78 is 0. The minimum atomic E-state index is 0.976. The molecular formula is C28H48N8. The van der Waals surface area contributed by atoms with Gasteiger partial charge in [-0.2, -0.15) is 0 Å². The van der Waals surface area contributed by atoms with Gasteiger partial charge in [0.25, 0.3) is 0 Å². The Kier molecular flexibility index (Phi) is 14.6.